The first-order valence-corrected chi connectivity index (χ1v) is 5.62. The molecule has 0 aliphatic heterocycles. The van der Waals surface area contributed by atoms with Gasteiger partial charge in [-0.05, 0) is 0 Å². The summed E-state index contributed by atoms with van der Waals surface area (Å²) in [6.45, 7) is 4.00. The molecule has 7 heteroatoms. The third-order valence-corrected chi connectivity index (χ3v) is 2.90. The van der Waals surface area contributed by atoms with Gasteiger partial charge in [-0.1, -0.05) is 48.4 Å². The number of anilines is 1. The molecule has 0 fully saturated rings. The Kier molecular flexibility index (Phi) is 4.10. The second-order valence-corrected chi connectivity index (χ2v) is 5.00. The number of hydrogen-bond donors (Lipinski definition) is 1. The number of nitrogens with one attached hydrogen (secondary N) is 1. The Bertz CT molecular complexity index is 326. The molecule has 0 aromatic carbocycles. The van der Waals surface area contributed by atoms with Crippen molar-refractivity contribution < 1.29 is 4.79 Å². The first-order chi connectivity index (χ1) is 6.50. The van der Waals surface area contributed by atoms with E-state index in [9.17, 15) is 4.79 Å². The standard InChI is InChI=1S/C7H9Cl2N3OS/c1-3(2)6-11-12-7(14-6)10-5(13)4(8)9/h3-4H,1-2H3,(H,10,12,13). The Labute approximate surface area is 95.6 Å². The third-order valence-electron chi connectivity index (χ3n) is 1.36. The second-order valence-electron chi connectivity index (χ2n) is 2.89. The molecule has 1 heterocycles. The summed E-state index contributed by atoms with van der Waals surface area (Å²) in [4.78, 5) is 9.97. The fourth-order valence-electron chi connectivity index (χ4n) is 0.678. The Morgan fingerprint density at radius 1 is 1.43 bits per heavy atom. The maximum Gasteiger partial charge on any atom is 0.259 e. The molecule has 0 aliphatic carbocycles. The molecule has 0 unspecified atom stereocenters. The number of aromatic nitrogens is 2. The number of nitrogens with zero attached hydrogens (tertiary/aromatic N) is 2. The van der Waals surface area contributed by atoms with E-state index in [4.69, 9.17) is 23.2 Å². The summed E-state index contributed by atoms with van der Waals surface area (Å²) in [6.07, 6.45) is 0. The highest BCUT2D eigenvalue weighted by Gasteiger charge is 2.14. The zero-order valence-electron chi connectivity index (χ0n) is 7.62. The molecule has 4 nitrogen and oxygen atoms in total. The Hall–Kier alpha value is -0.390. The van der Waals surface area contributed by atoms with E-state index in [-0.39, 0.29) is 0 Å². The highest BCUT2D eigenvalue weighted by Crippen LogP contribution is 2.22. The van der Waals surface area contributed by atoms with E-state index in [0.717, 1.165) is 5.01 Å². The van der Waals surface area contributed by atoms with Crippen molar-refractivity contribution in [2.45, 2.75) is 24.6 Å². The van der Waals surface area contributed by atoms with Gasteiger partial charge in [-0.2, -0.15) is 0 Å². The first-order valence-electron chi connectivity index (χ1n) is 3.93. The Morgan fingerprint density at radius 2 is 2.07 bits per heavy atom. The molecular weight excluding hydrogens is 245 g/mol. The minimum atomic E-state index is -1.08. The van der Waals surface area contributed by atoms with Crippen molar-refractivity contribution in [2.24, 2.45) is 0 Å². The van der Waals surface area contributed by atoms with Gasteiger partial charge in [-0.15, -0.1) is 10.2 Å². The minimum absolute atomic E-state index is 0.293. The number of amides is 1. The van der Waals surface area contributed by atoms with E-state index in [1.165, 1.54) is 11.3 Å². The molecule has 0 saturated heterocycles. The van der Waals surface area contributed by atoms with E-state index in [1.54, 1.807) is 0 Å². The van der Waals surface area contributed by atoms with Gasteiger partial charge in [0.2, 0.25) is 5.13 Å². The highest BCUT2D eigenvalue weighted by molar-refractivity contribution is 7.15. The monoisotopic (exact) mass is 253 g/mol. The molecule has 0 atom stereocenters. The molecular formula is C7H9Cl2N3OS. The van der Waals surface area contributed by atoms with Crippen LogP contribution in [0.2, 0.25) is 0 Å². The zero-order chi connectivity index (χ0) is 10.7. The zero-order valence-corrected chi connectivity index (χ0v) is 9.95. The lowest BCUT2D eigenvalue weighted by Gasteiger charge is -1.99. The summed E-state index contributed by atoms with van der Waals surface area (Å²) in [7, 11) is 0. The van der Waals surface area contributed by atoms with Gasteiger partial charge < -0.3 is 0 Å². The first kappa shape index (κ1) is 11.7. The maximum atomic E-state index is 11.1. The molecule has 14 heavy (non-hydrogen) atoms. The smallest absolute Gasteiger partial charge is 0.259 e. The van der Waals surface area contributed by atoms with Gasteiger partial charge in [0, 0.05) is 5.92 Å². The van der Waals surface area contributed by atoms with Gasteiger partial charge in [0.1, 0.15) is 5.01 Å². The topological polar surface area (TPSA) is 54.9 Å². The molecule has 1 amide bonds. The molecule has 0 bridgehead atoms. The van der Waals surface area contributed by atoms with Crippen molar-refractivity contribution in [3.63, 3.8) is 0 Å². The van der Waals surface area contributed by atoms with Gasteiger partial charge in [0.25, 0.3) is 5.91 Å². The van der Waals surface area contributed by atoms with E-state index in [1.807, 2.05) is 13.8 Å². The van der Waals surface area contributed by atoms with Gasteiger partial charge in [0.15, 0.2) is 4.84 Å². The minimum Gasteiger partial charge on any atom is -0.298 e. The van der Waals surface area contributed by atoms with Crippen LogP contribution in [-0.2, 0) is 4.79 Å². The molecule has 0 spiro atoms. The fraction of sp³-hybridized carbons (Fsp3) is 0.571. The summed E-state index contributed by atoms with van der Waals surface area (Å²) >= 11 is 12.0. The van der Waals surface area contributed by atoms with Crippen molar-refractivity contribution in [1.29, 1.82) is 0 Å². The molecule has 0 saturated carbocycles. The van der Waals surface area contributed by atoms with Crippen molar-refractivity contribution in [2.75, 3.05) is 5.32 Å². The number of hydrogen-bond acceptors (Lipinski definition) is 4. The Balaban J connectivity index is 2.64. The summed E-state index contributed by atoms with van der Waals surface area (Å²) in [5.41, 5.74) is 0. The molecule has 1 rings (SSSR count). The predicted octanol–water partition coefficient (Wildman–Crippen LogP) is 2.40. The number of carbonyl (C=O) groups excluding carboxylic acids is 1. The van der Waals surface area contributed by atoms with Crippen LogP contribution in [0.3, 0.4) is 0 Å². The van der Waals surface area contributed by atoms with Gasteiger partial charge in [-0.25, -0.2) is 0 Å². The number of rotatable bonds is 3. The SMILES string of the molecule is CC(C)c1nnc(NC(=O)C(Cl)Cl)s1. The highest BCUT2D eigenvalue weighted by atomic mass is 35.5. The van der Waals surface area contributed by atoms with Crippen LogP contribution in [-0.4, -0.2) is 20.9 Å². The largest absolute Gasteiger partial charge is 0.298 e. The van der Waals surface area contributed by atoms with Crippen molar-refractivity contribution in [1.82, 2.24) is 10.2 Å². The summed E-state index contributed by atoms with van der Waals surface area (Å²) in [5.74, 6) is -0.194. The molecule has 1 N–H and O–H groups in total. The van der Waals surface area contributed by atoms with Gasteiger partial charge >= 0.3 is 0 Å². The van der Waals surface area contributed by atoms with Crippen LogP contribution in [0.4, 0.5) is 5.13 Å². The number of carbonyl (C=O) groups is 1. The lowest BCUT2D eigenvalue weighted by atomic mass is 10.2. The van der Waals surface area contributed by atoms with Crippen molar-refractivity contribution in [3.8, 4) is 0 Å². The lowest BCUT2D eigenvalue weighted by Crippen LogP contribution is -2.18. The predicted molar refractivity (Wildman–Crippen MR) is 58.1 cm³/mol. The van der Waals surface area contributed by atoms with Crippen LogP contribution in [0, 0.1) is 0 Å². The molecule has 0 aliphatic rings. The van der Waals surface area contributed by atoms with Crippen LogP contribution in [0.15, 0.2) is 0 Å². The average Bonchev–Trinajstić information content (AvgIpc) is 2.52. The normalized spacial score (nSPS) is 11.0. The summed E-state index contributed by atoms with van der Waals surface area (Å²) in [5, 5.41) is 11.4. The fourth-order valence-corrected chi connectivity index (χ4v) is 1.54. The second kappa shape index (κ2) is 4.91. The summed E-state index contributed by atoms with van der Waals surface area (Å²) < 4.78 is 0. The third kappa shape index (κ3) is 3.08. The molecule has 0 radical (unpaired) electrons. The van der Waals surface area contributed by atoms with E-state index in [0.29, 0.717) is 11.0 Å². The van der Waals surface area contributed by atoms with E-state index in [2.05, 4.69) is 15.5 Å². The lowest BCUT2D eigenvalue weighted by molar-refractivity contribution is -0.114. The molecule has 78 valence electrons. The Morgan fingerprint density at radius 3 is 2.50 bits per heavy atom. The summed E-state index contributed by atoms with van der Waals surface area (Å²) in [6, 6.07) is 0. The van der Waals surface area contributed by atoms with Crippen LogP contribution >= 0.6 is 34.5 Å². The number of alkyl halides is 2. The maximum absolute atomic E-state index is 11.1. The van der Waals surface area contributed by atoms with E-state index >= 15 is 0 Å². The van der Waals surface area contributed by atoms with Crippen molar-refractivity contribution in [3.05, 3.63) is 5.01 Å². The van der Waals surface area contributed by atoms with Gasteiger partial charge in [-0.3, -0.25) is 10.1 Å². The van der Waals surface area contributed by atoms with Crippen molar-refractivity contribution >= 4 is 45.6 Å². The average molecular weight is 254 g/mol. The quantitative estimate of drug-likeness (QED) is 0.842. The number of halogens is 2. The molecule has 1 aromatic heterocycles. The van der Waals surface area contributed by atoms with Gasteiger partial charge in [0.05, 0.1) is 0 Å². The molecule has 1 aromatic rings. The van der Waals surface area contributed by atoms with Crippen LogP contribution < -0.4 is 5.32 Å². The van der Waals surface area contributed by atoms with Crippen LogP contribution in [0.25, 0.3) is 0 Å². The van der Waals surface area contributed by atoms with Crippen LogP contribution in [0.5, 0.6) is 0 Å². The van der Waals surface area contributed by atoms with E-state index < -0.39 is 10.7 Å². The van der Waals surface area contributed by atoms with Crippen LogP contribution in [0.1, 0.15) is 24.8 Å².